The van der Waals surface area contributed by atoms with Crippen molar-refractivity contribution in [3.63, 3.8) is 0 Å². The van der Waals surface area contributed by atoms with E-state index < -0.39 is 26.2 Å². The lowest BCUT2D eigenvalue weighted by molar-refractivity contribution is 0.283. The first-order valence-electron chi connectivity index (χ1n) is 8.95. The Kier molecular flexibility index (Phi) is 4.75. The first kappa shape index (κ1) is 20.3. The average Bonchev–Trinajstić information content (AvgIpc) is 2.95. The highest BCUT2D eigenvalue weighted by atomic mass is 32.2. The maximum atomic E-state index is 11.9. The van der Waals surface area contributed by atoms with Crippen LogP contribution in [0.4, 0.5) is 0 Å². The fraction of sp³-hybridized carbons (Fsp3) is 0.400. The van der Waals surface area contributed by atoms with Gasteiger partial charge in [0.25, 0.3) is 10.1 Å². The summed E-state index contributed by atoms with van der Waals surface area (Å²) in [7, 11) is -4.64. The summed E-state index contributed by atoms with van der Waals surface area (Å²) in [4.78, 5) is 0.647. The summed E-state index contributed by atoms with van der Waals surface area (Å²) in [5, 5.41) is 19.3. The summed E-state index contributed by atoms with van der Waals surface area (Å²) < 4.78 is 33.5. The van der Waals surface area contributed by atoms with Gasteiger partial charge < -0.3 is 5.11 Å². The molecule has 0 unspecified atom stereocenters. The van der Waals surface area contributed by atoms with Crippen LogP contribution in [0.3, 0.4) is 0 Å². The summed E-state index contributed by atoms with van der Waals surface area (Å²) in [6.07, 6.45) is 0.754. The molecule has 1 aromatic heterocycles. The van der Waals surface area contributed by atoms with Crippen molar-refractivity contribution in [3.05, 3.63) is 42.0 Å². The number of aromatic hydroxyl groups is 1. The summed E-state index contributed by atoms with van der Waals surface area (Å²) in [5.41, 5.74) is 1.53. The number of hydrogen-bond donors (Lipinski definition) is 2. The molecule has 0 saturated carbocycles. The van der Waals surface area contributed by atoms with Crippen LogP contribution in [-0.2, 0) is 15.5 Å². The first-order valence-corrected chi connectivity index (χ1v) is 10.4. The van der Waals surface area contributed by atoms with Gasteiger partial charge in [-0.1, -0.05) is 46.8 Å². The minimum Gasteiger partial charge on any atom is -0.504 e. The number of hydrogen-bond acceptors (Lipinski definition) is 5. The highest BCUT2D eigenvalue weighted by Crippen LogP contribution is 2.40. The molecule has 28 heavy (non-hydrogen) atoms. The van der Waals surface area contributed by atoms with Crippen LogP contribution >= 0.6 is 0 Å². The molecule has 150 valence electrons. The van der Waals surface area contributed by atoms with Crippen LogP contribution in [0.1, 0.15) is 46.6 Å². The van der Waals surface area contributed by atoms with Crippen molar-refractivity contribution in [3.8, 4) is 11.4 Å². The molecular weight excluding hydrogens is 378 g/mol. The Balaban J connectivity index is 2.27. The van der Waals surface area contributed by atoms with Crippen molar-refractivity contribution in [1.29, 1.82) is 0 Å². The molecule has 0 amide bonds. The molecule has 3 rings (SSSR count). The highest BCUT2D eigenvalue weighted by molar-refractivity contribution is 7.86. The molecule has 0 radical (unpaired) electrons. The van der Waals surface area contributed by atoms with Crippen molar-refractivity contribution in [2.45, 2.75) is 51.3 Å². The molecule has 0 saturated heterocycles. The number of aromatic nitrogens is 3. The van der Waals surface area contributed by atoms with Gasteiger partial charge in [-0.15, -0.1) is 15.0 Å². The molecule has 3 aromatic rings. The van der Waals surface area contributed by atoms with Gasteiger partial charge in [0, 0.05) is 0 Å². The summed E-state index contributed by atoms with van der Waals surface area (Å²) >= 11 is 0. The van der Waals surface area contributed by atoms with Crippen LogP contribution in [0.25, 0.3) is 16.7 Å². The normalized spacial score (nSPS) is 13.2. The first-order chi connectivity index (χ1) is 12.8. The lowest BCUT2D eigenvalue weighted by atomic mass is 9.72. The molecule has 2 aromatic carbocycles. The van der Waals surface area contributed by atoms with Gasteiger partial charge in [-0.3, -0.25) is 4.55 Å². The van der Waals surface area contributed by atoms with E-state index in [1.807, 2.05) is 26.0 Å². The molecule has 2 N–H and O–H groups in total. The minimum atomic E-state index is -4.64. The zero-order chi connectivity index (χ0) is 20.9. The molecule has 8 heteroatoms. The van der Waals surface area contributed by atoms with Gasteiger partial charge in [0.1, 0.15) is 21.6 Å². The van der Waals surface area contributed by atoms with Crippen LogP contribution in [0, 0.1) is 5.41 Å². The second-order valence-electron chi connectivity index (χ2n) is 8.92. The summed E-state index contributed by atoms with van der Waals surface area (Å²) in [6, 6.07) is 10.2. The molecule has 0 aliphatic carbocycles. The third-order valence-corrected chi connectivity index (χ3v) is 5.46. The molecule has 7 nitrogen and oxygen atoms in total. The van der Waals surface area contributed by atoms with Gasteiger partial charge in [0.2, 0.25) is 0 Å². The Morgan fingerprint density at radius 3 is 2.00 bits per heavy atom. The van der Waals surface area contributed by atoms with E-state index in [-0.39, 0.29) is 11.1 Å². The molecular formula is C20H25N3O4S. The van der Waals surface area contributed by atoms with E-state index in [4.69, 9.17) is 0 Å². The molecule has 1 heterocycles. The Morgan fingerprint density at radius 1 is 1.00 bits per heavy atom. The van der Waals surface area contributed by atoms with E-state index in [0.717, 1.165) is 6.42 Å². The standard InChI is InChI=1S/C20H25N3O4S/c1-19(2,3)12-20(4,5)13-10-16(18(24)17(11-13)28(25,26)27)23-21-14-8-6-7-9-15(14)22-23/h6-11,24H,12H2,1-5H3,(H,25,26,27). The minimum absolute atomic E-state index is 0.0154. The van der Waals surface area contributed by atoms with Crippen molar-refractivity contribution in [1.82, 2.24) is 15.0 Å². The molecule has 0 aliphatic rings. The topological polar surface area (TPSA) is 105 Å². The predicted molar refractivity (Wildman–Crippen MR) is 107 cm³/mol. The lowest BCUT2D eigenvalue weighted by Crippen LogP contribution is -2.25. The highest BCUT2D eigenvalue weighted by Gasteiger charge is 2.31. The lowest BCUT2D eigenvalue weighted by Gasteiger charge is -2.33. The summed E-state index contributed by atoms with van der Waals surface area (Å²) in [5.74, 6) is -0.585. The van der Waals surface area contributed by atoms with E-state index in [1.165, 1.54) is 10.9 Å². The van der Waals surface area contributed by atoms with E-state index in [0.29, 0.717) is 16.6 Å². The van der Waals surface area contributed by atoms with Crippen LogP contribution < -0.4 is 0 Å². The molecule has 0 spiro atoms. The number of fused-ring (bicyclic) bond motifs is 1. The SMILES string of the molecule is CC(C)(C)CC(C)(C)c1cc(-n2nc3ccccc3n2)c(O)c(S(=O)(=O)O)c1. The van der Waals surface area contributed by atoms with E-state index >= 15 is 0 Å². The third kappa shape index (κ3) is 4.02. The number of rotatable bonds is 4. The third-order valence-electron chi connectivity index (χ3n) is 4.59. The zero-order valence-corrected chi connectivity index (χ0v) is 17.4. The van der Waals surface area contributed by atoms with Gasteiger partial charge in [-0.25, -0.2) is 0 Å². The second-order valence-corrected chi connectivity index (χ2v) is 10.3. The van der Waals surface area contributed by atoms with Crippen molar-refractivity contribution in [2.75, 3.05) is 0 Å². The molecule has 0 fully saturated rings. The average molecular weight is 404 g/mol. The van der Waals surface area contributed by atoms with Crippen molar-refractivity contribution >= 4 is 21.2 Å². The summed E-state index contributed by atoms with van der Waals surface area (Å²) in [6.45, 7) is 10.3. The number of phenolic OH excluding ortho intramolecular Hbond substituents is 1. The van der Waals surface area contributed by atoms with Gasteiger partial charge in [0.15, 0.2) is 5.75 Å². The van der Waals surface area contributed by atoms with Crippen LogP contribution in [0.5, 0.6) is 5.75 Å². The fourth-order valence-corrected chi connectivity index (χ4v) is 4.35. The van der Waals surface area contributed by atoms with Gasteiger partial charge >= 0.3 is 0 Å². The Bertz CT molecular complexity index is 1110. The largest absolute Gasteiger partial charge is 0.504 e. The van der Waals surface area contributed by atoms with E-state index in [9.17, 15) is 18.1 Å². The van der Waals surface area contributed by atoms with Crippen LogP contribution in [-0.4, -0.2) is 33.1 Å². The molecule has 0 atom stereocenters. The smallest absolute Gasteiger partial charge is 0.298 e. The maximum absolute atomic E-state index is 11.9. The maximum Gasteiger partial charge on any atom is 0.298 e. The molecule has 0 bridgehead atoms. The number of phenols is 1. The van der Waals surface area contributed by atoms with Crippen molar-refractivity contribution in [2.24, 2.45) is 5.41 Å². The zero-order valence-electron chi connectivity index (χ0n) is 16.6. The number of benzene rings is 2. The van der Waals surface area contributed by atoms with Crippen LogP contribution in [0.15, 0.2) is 41.3 Å². The Morgan fingerprint density at radius 2 is 1.54 bits per heavy atom. The van der Waals surface area contributed by atoms with Gasteiger partial charge in [0.05, 0.1) is 0 Å². The Hall–Kier alpha value is -2.45. The van der Waals surface area contributed by atoms with Crippen molar-refractivity contribution < 1.29 is 18.1 Å². The van der Waals surface area contributed by atoms with Gasteiger partial charge in [-0.05, 0) is 47.1 Å². The quantitative estimate of drug-likeness (QED) is 0.636. The number of nitrogens with zero attached hydrogens (tertiary/aromatic N) is 3. The van der Waals surface area contributed by atoms with E-state index in [1.54, 1.807) is 18.2 Å². The molecule has 0 aliphatic heterocycles. The fourth-order valence-electron chi connectivity index (χ4n) is 3.73. The predicted octanol–water partition coefficient (Wildman–Crippen LogP) is 4.09. The second kappa shape index (κ2) is 6.56. The van der Waals surface area contributed by atoms with E-state index in [2.05, 4.69) is 31.0 Å². The Labute approximate surface area is 164 Å². The van der Waals surface area contributed by atoms with Gasteiger partial charge in [-0.2, -0.15) is 8.42 Å². The van der Waals surface area contributed by atoms with Crippen LogP contribution in [0.2, 0.25) is 0 Å². The monoisotopic (exact) mass is 403 g/mol.